The van der Waals surface area contributed by atoms with Gasteiger partial charge in [-0.15, -0.1) is 5.10 Å². The molecule has 2 heterocycles. The second kappa shape index (κ2) is 8.62. The van der Waals surface area contributed by atoms with Crippen molar-refractivity contribution in [1.29, 1.82) is 0 Å². The molecule has 0 saturated carbocycles. The summed E-state index contributed by atoms with van der Waals surface area (Å²) in [6.45, 7) is 0. The van der Waals surface area contributed by atoms with Gasteiger partial charge in [0.1, 0.15) is 12.1 Å². The largest absolute Gasteiger partial charge is 0.481 e. The van der Waals surface area contributed by atoms with Gasteiger partial charge in [-0.3, -0.25) is 24.7 Å². The normalized spacial score (nSPS) is 10.9. The molecule has 3 N–H and O–H groups in total. The summed E-state index contributed by atoms with van der Waals surface area (Å²) >= 11 is 0. The molecule has 2 aromatic heterocycles. The lowest BCUT2D eigenvalue weighted by Gasteiger charge is -2.09. The number of carbonyl (C=O) groups is 1. The second-order valence-corrected chi connectivity index (χ2v) is 7.43. The van der Waals surface area contributed by atoms with Crippen LogP contribution < -0.4 is 19.5 Å². The molecule has 0 aliphatic heterocycles. The third-order valence-corrected chi connectivity index (χ3v) is 5.19. The summed E-state index contributed by atoms with van der Waals surface area (Å²) in [5.74, 6) is -1.02. The minimum Gasteiger partial charge on any atom is -0.481 e. The minimum absolute atomic E-state index is 0.00438. The number of rotatable bonds is 8. The number of carbonyl (C=O) groups excluding carboxylic acids is 1. The van der Waals surface area contributed by atoms with E-state index in [4.69, 9.17) is 9.47 Å². The van der Waals surface area contributed by atoms with Gasteiger partial charge in [-0.05, 0) is 24.3 Å². The highest BCUT2D eigenvalue weighted by Gasteiger charge is 2.30. The fourth-order valence-corrected chi connectivity index (χ4v) is 3.40. The second-order valence-electron chi connectivity index (χ2n) is 5.74. The fraction of sp³-hybridized carbons (Fsp3) is 0.125. The van der Waals surface area contributed by atoms with Crippen LogP contribution in [0.3, 0.4) is 0 Å². The number of amides is 1. The molecule has 31 heavy (non-hydrogen) atoms. The van der Waals surface area contributed by atoms with Gasteiger partial charge < -0.3 is 14.8 Å². The molecule has 3 aromatic rings. The van der Waals surface area contributed by atoms with Gasteiger partial charge in [0.15, 0.2) is 0 Å². The summed E-state index contributed by atoms with van der Waals surface area (Å²) in [5, 5.41) is 19.4. The van der Waals surface area contributed by atoms with Crippen LogP contribution in [0.1, 0.15) is 10.5 Å². The predicted molar refractivity (Wildman–Crippen MR) is 106 cm³/mol. The summed E-state index contributed by atoms with van der Waals surface area (Å²) in [6.07, 6.45) is 1.14. The number of H-pyrrole nitrogens is 1. The van der Waals surface area contributed by atoms with Gasteiger partial charge in [0, 0.05) is 11.8 Å². The van der Waals surface area contributed by atoms with Crippen molar-refractivity contribution >= 4 is 33.1 Å². The van der Waals surface area contributed by atoms with Crippen LogP contribution in [-0.4, -0.2) is 53.6 Å². The van der Waals surface area contributed by atoms with Crippen LogP contribution in [-0.2, 0) is 10.0 Å². The molecule has 1 amide bonds. The van der Waals surface area contributed by atoms with E-state index in [9.17, 15) is 23.3 Å². The Morgan fingerprint density at radius 3 is 2.48 bits per heavy atom. The quantitative estimate of drug-likeness (QED) is 0.332. The molecule has 0 spiro atoms. The highest BCUT2D eigenvalue weighted by atomic mass is 32.2. The van der Waals surface area contributed by atoms with Crippen molar-refractivity contribution in [2.45, 2.75) is 4.90 Å². The van der Waals surface area contributed by atoms with E-state index in [0.29, 0.717) is 0 Å². The zero-order valence-electron chi connectivity index (χ0n) is 16.0. The van der Waals surface area contributed by atoms with Crippen molar-refractivity contribution < 1.29 is 27.6 Å². The highest BCUT2D eigenvalue weighted by Crippen LogP contribution is 2.28. The first kappa shape index (κ1) is 21.4. The Hall–Kier alpha value is -4.27. The van der Waals surface area contributed by atoms with Crippen molar-refractivity contribution in [3.8, 4) is 11.8 Å². The lowest BCUT2D eigenvalue weighted by atomic mass is 10.3. The molecular formula is C16H15N7O7S. The van der Waals surface area contributed by atoms with Crippen molar-refractivity contribution in [3.05, 3.63) is 52.5 Å². The Labute approximate surface area is 174 Å². The Morgan fingerprint density at radius 2 is 1.87 bits per heavy atom. The Bertz CT molecular complexity index is 1230. The standard InChI is InChI=1S/C16H15N7O7S/c1-29-12-7-11(17-8-18-12)22-31(27,28)10-5-3-9(4-6-10)19-15(24)13-14(23(25)26)16(30-2)21-20-13/h3-8H,1-2H3,(H,19,24)(H,20,21)(H,17,18,22). The lowest BCUT2D eigenvalue weighted by Crippen LogP contribution is -2.16. The monoisotopic (exact) mass is 449 g/mol. The summed E-state index contributed by atoms with van der Waals surface area (Å²) in [4.78, 5) is 30.2. The zero-order valence-corrected chi connectivity index (χ0v) is 16.8. The number of aromatic amines is 1. The minimum atomic E-state index is -3.98. The van der Waals surface area contributed by atoms with E-state index in [1.807, 2.05) is 0 Å². The van der Waals surface area contributed by atoms with E-state index < -0.39 is 32.2 Å². The maximum Gasteiger partial charge on any atom is 0.362 e. The number of anilines is 2. The average Bonchev–Trinajstić information content (AvgIpc) is 3.19. The molecule has 0 unspecified atom stereocenters. The third-order valence-electron chi connectivity index (χ3n) is 3.82. The van der Waals surface area contributed by atoms with E-state index in [0.717, 1.165) is 6.33 Å². The lowest BCUT2D eigenvalue weighted by molar-refractivity contribution is -0.386. The SMILES string of the molecule is COc1cc(NS(=O)(=O)c2ccc(NC(=O)c3[nH]nc(OC)c3[N+](=O)[O-])cc2)ncn1. The van der Waals surface area contributed by atoms with Crippen LogP contribution in [0.4, 0.5) is 17.2 Å². The first-order valence-corrected chi connectivity index (χ1v) is 9.80. The van der Waals surface area contributed by atoms with Gasteiger partial charge in [-0.25, -0.2) is 18.4 Å². The van der Waals surface area contributed by atoms with E-state index in [1.54, 1.807) is 0 Å². The number of nitrogens with zero attached hydrogens (tertiary/aromatic N) is 4. The number of benzene rings is 1. The number of nitro groups is 1. The first-order valence-electron chi connectivity index (χ1n) is 8.32. The molecule has 162 valence electrons. The molecule has 0 aliphatic carbocycles. The molecule has 15 heteroatoms. The van der Waals surface area contributed by atoms with E-state index in [-0.39, 0.29) is 28.2 Å². The summed E-state index contributed by atoms with van der Waals surface area (Å²) in [7, 11) is -1.43. The summed E-state index contributed by atoms with van der Waals surface area (Å²) in [5.41, 5.74) is -0.850. The molecule has 0 aliphatic rings. The number of methoxy groups -OCH3 is 2. The van der Waals surface area contributed by atoms with E-state index >= 15 is 0 Å². The first-order chi connectivity index (χ1) is 14.7. The van der Waals surface area contributed by atoms with E-state index in [1.165, 1.54) is 44.6 Å². The predicted octanol–water partition coefficient (Wildman–Crippen LogP) is 1.18. The molecule has 0 saturated heterocycles. The van der Waals surface area contributed by atoms with Crippen molar-refractivity contribution in [3.63, 3.8) is 0 Å². The van der Waals surface area contributed by atoms with Crippen molar-refractivity contribution in [2.75, 3.05) is 24.3 Å². The zero-order chi connectivity index (χ0) is 22.6. The number of aromatic nitrogens is 4. The molecule has 0 bridgehead atoms. The summed E-state index contributed by atoms with van der Waals surface area (Å²) in [6, 6.07) is 6.40. The van der Waals surface area contributed by atoms with Gasteiger partial charge in [0.25, 0.3) is 15.9 Å². The molecule has 1 aromatic carbocycles. The number of hydrogen-bond donors (Lipinski definition) is 3. The molecule has 0 atom stereocenters. The van der Waals surface area contributed by atoms with Gasteiger partial charge in [0.05, 0.1) is 24.0 Å². The molecule has 0 fully saturated rings. The molecular weight excluding hydrogens is 434 g/mol. The van der Waals surface area contributed by atoms with Crippen molar-refractivity contribution in [1.82, 2.24) is 20.2 Å². The molecule has 14 nitrogen and oxygen atoms in total. The van der Waals surface area contributed by atoms with Crippen LogP contribution in [0.5, 0.6) is 11.8 Å². The molecule has 3 rings (SSSR count). The van der Waals surface area contributed by atoms with Gasteiger partial charge in [-0.1, -0.05) is 0 Å². The maximum absolute atomic E-state index is 12.5. The van der Waals surface area contributed by atoms with Gasteiger partial charge >= 0.3 is 11.6 Å². The van der Waals surface area contributed by atoms with Crippen LogP contribution in [0, 0.1) is 10.1 Å². The van der Waals surface area contributed by atoms with Crippen LogP contribution >= 0.6 is 0 Å². The smallest absolute Gasteiger partial charge is 0.362 e. The Balaban J connectivity index is 1.76. The average molecular weight is 449 g/mol. The van der Waals surface area contributed by atoms with Crippen LogP contribution in [0.25, 0.3) is 0 Å². The van der Waals surface area contributed by atoms with Gasteiger partial charge in [0.2, 0.25) is 11.6 Å². The summed E-state index contributed by atoms with van der Waals surface area (Å²) < 4.78 is 37.0. The fourth-order valence-electron chi connectivity index (χ4n) is 2.40. The Kier molecular flexibility index (Phi) is 5.96. The Morgan fingerprint density at radius 1 is 1.16 bits per heavy atom. The molecule has 0 radical (unpaired) electrons. The number of sulfonamides is 1. The topological polar surface area (TPSA) is 191 Å². The van der Waals surface area contributed by atoms with Gasteiger partial charge in [-0.2, -0.15) is 0 Å². The number of nitrogens with one attached hydrogen (secondary N) is 3. The van der Waals surface area contributed by atoms with E-state index in [2.05, 4.69) is 30.2 Å². The van der Waals surface area contributed by atoms with Crippen LogP contribution in [0.15, 0.2) is 41.6 Å². The van der Waals surface area contributed by atoms with Crippen molar-refractivity contribution in [2.24, 2.45) is 0 Å². The number of hydrogen-bond acceptors (Lipinski definition) is 10. The highest BCUT2D eigenvalue weighted by molar-refractivity contribution is 7.92. The maximum atomic E-state index is 12.5. The third kappa shape index (κ3) is 4.67. The number of ether oxygens (including phenoxy) is 2. The van der Waals surface area contributed by atoms with Crippen LogP contribution in [0.2, 0.25) is 0 Å².